The summed E-state index contributed by atoms with van der Waals surface area (Å²) in [6.07, 6.45) is 4.93. The van der Waals surface area contributed by atoms with Crippen LogP contribution in [0.1, 0.15) is 26.3 Å². The first kappa shape index (κ1) is 8.04. The van der Waals surface area contributed by atoms with Crippen molar-refractivity contribution in [1.29, 1.82) is 0 Å². The number of nitrogens with zero attached hydrogens (tertiary/aromatic N) is 2. The molecule has 1 unspecified atom stereocenters. The number of halogens is 1. The first-order valence-corrected chi connectivity index (χ1v) is 4.51. The monoisotopic (exact) mass is 250 g/mol. The smallest absolute Gasteiger partial charge is 0.0997 e. The third kappa shape index (κ3) is 1.51. The van der Waals surface area contributed by atoms with E-state index >= 15 is 0 Å². The standard InChI is InChI=1S/C7H11IN2/c1-3-6(2)10-5-9-4-7(10)8/h4-6H,3H2,1-2H3. The molecule has 0 aromatic carbocycles. The summed E-state index contributed by atoms with van der Waals surface area (Å²) in [6, 6.07) is 0.578. The third-order valence-electron chi connectivity index (χ3n) is 1.68. The highest BCUT2D eigenvalue weighted by molar-refractivity contribution is 14.1. The predicted octanol–water partition coefficient (Wildman–Crippen LogP) is 2.46. The van der Waals surface area contributed by atoms with Crippen molar-refractivity contribution in [2.24, 2.45) is 0 Å². The fraction of sp³-hybridized carbons (Fsp3) is 0.571. The number of aromatic nitrogens is 2. The molecule has 0 N–H and O–H groups in total. The van der Waals surface area contributed by atoms with Gasteiger partial charge in [-0.25, -0.2) is 4.98 Å². The van der Waals surface area contributed by atoms with Crippen LogP contribution in [0.2, 0.25) is 0 Å². The molecule has 0 saturated carbocycles. The maximum absolute atomic E-state index is 4.05. The van der Waals surface area contributed by atoms with E-state index in [0.29, 0.717) is 6.04 Å². The quantitative estimate of drug-likeness (QED) is 0.737. The van der Waals surface area contributed by atoms with E-state index in [2.05, 4.69) is 46.0 Å². The van der Waals surface area contributed by atoms with Gasteiger partial charge < -0.3 is 4.57 Å². The highest BCUT2D eigenvalue weighted by atomic mass is 127. The average molecular weight is 250 g/mol. The molecule has 0 fully saturated rings. The van der Waals surface area contributed by atoms with Crippen LogP contribution in [-0.2, 0) is 0 Å². The molecule has 2 nitrogen and oxygen atoms in total. The largest absolute Gasteiger partial charge is 0.323 e. The van der Waals surface area contributed by atoms with E-state index in [-0.39, 0.29) is 0 Å². The second kappa shape index (κ2) is 3.37. The summed E-state index contributed by atoms with van der Waals surface area (Å²) in [6.45, 7) is 4.38. The van der Waals surface area contributed by atoms with Crippen LogP contribution in [0.15, 0.2) is 12.5 Å². The Kier molecular flexibility index (Phi) is 2.71. The molecule has 1 atom stereocenters. The summed E-state index contributed by atoms with van der Waals surface area (Å²) in [7, 11) is 0. The summed E-state index contributed by atoms with van der Waals surface area (Å²) in [4.78, 5) is 4.05. The maximum Gasteiger partial charge on any atom is 0.0997 e. The average Bonchev–Trinajstić information content (AvgIpc) is 2.34. The van der Waals surface area contributed by atoms with Crippen LogP contribution in [0.25, 0.3) is 0 Å². The van der Waals surface area contributed by atoms with Gasteiger partial charge in [0.05, 0.1) is 16.2 Å². The lowest BCUT2D eigenvalue weighted by Gasteiger charge is -2.10. The van der Waals surface area contributed by atoms with Gasteiger partial charge in [-0.1, -0.05) is 6.92 Å². The van der Waals surface area contributed by atoms with E-state index in [1.165, 1.54) is 3.70 Å². The Hall–Kier alpha value is -0.0600. The first-order valence-electron chi connectivity index (χ1n) is 3.43. The van der Waals surface area contributed by atoms with E-state index in [1.54, 1.807) is 0 Å². The molecule has 0 aliphatic rings. The van der Waals surface area contributed by atoms with Gasteiger partial charge in [0.1, 0.15) is 0 Å². The summed E-state index contributed by atoms with van der Waals surface area (Å²) >= 11 is 2.29. The number of hydrogen-bond acceptors (Lipinski definition) is 1. The van der Waals surface area contributed by atoms with Crippen LogP contribution in [-0.4, -0.2) is 9.55 Å². The normalized spacial score (nSPS) is 13.5. The molecule has 10 heavy (non-hydrogen) atoms. The van der Waals surface area contributed by atoms with Crippen molar-refractivity contribution in [3.05, 3.63) is 16.2 Å². The molecule has 0 bridgehead atoms. The lowest BCUT2D eigenvalue weighted by Crippen LogP contribution is -2.03. The molecule has 1 aromatic rings. The fourth-order valence-corrected chi connectivity index (χ4v) is 1.57. The van der Waals surface area contributed by atoms with E-state index in [0.717, 1.165) is 6.42 Å². The Labute approximate surface area is 74.8 Å². The Bertz CT molecular complexity index is 207. The minimum Gasteiger partial charge on any atom is -0.323 e. The zero-order chi connectivity index (χ0) is 7.56. The lowest BCUT2D eigenvalue weighted by molar-refractivity contribution is 0.521. The Morgan fingerprint density at radius 1 is 1.80 bits per heavy atom. The maximum atomic E-state index is 4.05. The Balaban J connectivity index is 2.82. The molecular formula is C7H11IN2. The van der Waals surface area contributed by atoms with Gasteiger partial charge in [0, 0.05) is 6.04 Å². The molecule has 1 rings (SSSR count). The van der Waals surface area contributed by atoms with Crippen molar-refractivity contribution >= 4 is 22.6 Å². The molecular weight excluding hydrogens is 239 g/mol. The fourth-order valence-electron chi connectivity index (χ4n) is 0.810. The molecule has 3 heteroatoms. The van der Waals surface area contributed by atoms with Crippen molar-refractivity contribution in [1.82, 2.24) is 9.55 Å². The van der Waals surface area contributed by atoms with Crippen molar-refractivity contribution in [3.63, 3.8) is 0 Å². The topological polar surface area (TPSA) is 17.8 Å². The summed E-state index contributed by atoms with van der Waals surface area (Å²) in [5, 5.41) is 0. The van der Waals surface area contributed by atoms with Gasteiger partial charge in [-0.05, 0) is 35.9 Å². The van der Waals surface area contributed by atoms with Crippen LogP contribution < -0.4 is 0 Å². The molecule has 56 valence electrons. The van der Waals surface area contributed by atoms with Crippen molar-refractivity contribution in [2.75, 3.05) is 0 Å². The Morgan fingerprint density at radius 3 is 2.90 bits per heavy atom. The van der Waals surface area contributed by atoms with Gasteiger partial charge in [0.15, 0.2) is 0 Å². The van der Waals surface area contributed by atoms with Gasteiger partial charge >= 0.3 is 0 Å². The number of rotatable bonds is 2. The molecule has 0 aliphatic heterocycles. The van der Waals surface area contributed by atoms with Crippen LogP contribution in [0.5, 0.6) is 0 Å². The number of imidazole rings is 1. The number of hydrogen-bond donors (Lipinski definition) is 0. The lowest BCUT2D eigenvalue weighted by atomic mass is 10.3. The van der Waals surface area contributed by atoms with Gasteiger partial charge in [-0.3, -0.25) is 0 Å². The van der Waals surface area contributed by atoms with E-state index in [4.69, 9.17) is 0 Å². The second-order valence-electron chi connectivity index (χ2n) is 2.38. The minimum atomic E-state index is 0.578. The van der Waals surface area contributed by atoms with Gasteiger partial charge in [-0.15, -0.1) is 0 Å². The van der Waals surface area contributed by atoms with Crippen molar-refractivity contribution < 1.29 is 0 Å². The van der Waals surface area contributed by atoms with Gasteiger partial charge in [0.25, 0.3) is 0 Å². The van der Waals surface area contributed by atoms with Gasteiger partial charge in [0.2, 0.25) is 0 Å². The van der Waals surface area contributed by atoms with E-state index in [9.17, 15) is 0 Å². The highest BCUT2D eigenvalue weighted by Gasteiger charge is 2.03. The summed E-state index contributed by atoms with van der Waals surface area (Å²) in [5.74, 6) is 0. The molecule has 0 aliphatic carbocycles. The molecule has 0 amide bonds. The predicted molar refractivity (Wildman–Crippen MR) is 49.9 cm³/mol. The van der Waals surface area contributed by atoms with E-state index in [1.807, 2.05) is 12.5 Å². The second-order valence-corrected chi connectivity index (χ2v) is 3.49. The highest BCUT2D eigenvalue weighted by Crippen LogP contribution is 2.13. The van der Waals surface area contributed by atoms with Crippen LogP contribution >= 0.6 is 22.6 Å². The zero-order valence-electron chi connectivity index (χ0n) is 6.21. The molecule has 1 aromatic heterocycles. The molecule has 0 radical (unpaired) electrons. The molecule has 0 spiro atoms. The zero-order valence-corrected chi connectivity index (χ0v) is 8.37. The SMILES string of the molecule is CCC(C)n1cncc1I. The van der Waals surface area contributed by atoms with E-state index < -0.39 is 0 Å². The summed E-state index contributed by atoms with van der Waals surface area (Å²) < 4.78 is 3.40. The van der Waals surface area contributed by atoms with Gasteiger partial charge in [-0.2, -0.15) is 0 Å². The molecule has 0 saturated heterocycles. The van der Waals surface area contributed by atoms with Crippen molar-refractivity contribution in [2.45, 2.75) is 26.3 Å². The summed E-state index contributed by atoms with van der Waals surface area (Å²) in [5.41, 5.74) is 0. The van der Waals surface area contributed by atoms with Crippen LogP contribution in [0.4, 0.5) is 0 Å². The Morgan fingerprint density at radius 2 is 2.50 bits per heavy atom. The van der Waals surface area contributed by atoms with Crippen LogP contribution in [0.3, 0.4) is 0 Å². The third-order valence-corrected chi connectivity index (χ3v) is 2.52. The van der Waals surface area contributed by atoms with Crippen molar-refractivity contribution in [3.8, 4) is 0 Å². The van der Waals surface area contributed by atoms with Crippen LogP contribution in [0, 0.1) is 3.70 Å². The molecule has 1 heterocycles. The first-order chi connectivity index (χ1) is 4.75. The minimum absolute atomic E-state index is 0.578.